The minimum atomic E-state index is -1.87. The molecular weight excluding hydrogens is 442 g/mol. The predicted molar refractivity (Wildman–Crippen MR) is 121 cm³/mol. The summed E-state index contributed by atoms with van der Waals surface area (Å²) >= 11 is 1.42. The number of nitrogens with one attached hydrogen (secondary N) is 1. The number of thiophene rings is 1. The Morgan fingerprint density at radius 3 is 2.64 bits per heavy atom. The Hall–Kier alpha value is -3.01. The monoisotopic (exact) mass is 468 g/mol. The van der Waals surface area contributed by atoms with E-state index in [2.05, 4.69) is 10.5 Å². The SMILES string of the molecule is O=C(C[N+]12CCC(CC1)[C@@H](OC(=O)C(O)(c1ccccc1)c1ccsc1)C2)Nc1ccon1. The summed E-state index contributed by atoms with van der Waals surface area (Å²) in [4.78, 5) is 26.1. The number of aromatic nitrogens is 1. The van der Waals surface area contributed by atoms with Crippen LogP contribution >= 0.6 is 11.3 Å². The fourth-order valence-corrected chi connectivity index (χ4v) is 5.82. The Labute approximate surface area is 195 Å². The lowest BCUT2D eigenvalue weighted by atomic mass is 9.82. The highest BCUT2D eigenvalue weighted by Gasteiger charge is 2.51. The van der Waals surface area contributed by atoms with Gasteiger partial charge < -0.3 is 24.2 Å². The van der Waals surface area contributed by atoms with Crippen molar-refractivity contribution in [2.45, 2.75) is 24.5 Å². The summed E-state index contributed by atoms with van der Waals surface area (Å²) in [5.41, 5.74) is -0.894. The lowest BCUT2D eigenvalue weighted by Crippen LogP contribution is -2.66. The maximum Gasteiger partial charge on any atom is 0.348 e. The summed E-state index contributed by atoms with van der Waals surface area (Å²) in [6.07, 6.45) is 2.80. The van der Waals surface area contributed by atoms with E-state index in [1.807, 2.05) is 11.4 Å². The van der Waals surface area contributed by atoms with Gasteiger partial charge in [-0.1, -0.05) is 35.5 Å². The molecular formula is C24H26N3O5S+. The molecule has 2 bridgehead atoms. The Kier molecular flexibility index (Phi) is 5.77. The normalized spacial score (nSPS) is 25.8. The number of hydrogen-bond acceptors (Lipinski definition) is 7. The molecule has 8 nitrogen and oxygen atoms in total. The highest BCUT2D eigenvalue weighted by atomic mass is 32.1. The molecule has 2 N–H and O–H groups in total. The van der Waals surface area contributed by atoms with Crippen LogP contribution in [0.3, 0.4) is 0 Å². The summed E-state index contributed by atoms with van der Waals surface area (Å²) in [6, 6.07) is 12.2. The number of ether oxygens (including phenoxy) is 1. The zero-order chi connectivity index (χ0) is 22.9. The first-order valence-corrected chi connectivity index (χ1v) is 12.0. The smallest absolute Gasteiger partial charge is 0.348 e. The Balaban J connectivity index is 1.33. The molecule has 3 aliphatic rings. The fourth-order valence-electron chi connectivity index (χ4n) is 5.12. The van der Waals surface area contributed by atoms with Crippen LogP contribution in [0.2, 0.25) is 0 Å². The summed E-state index contributed by atoms with van der Waals surface area (Å²) in [7, 11) is 0. The van der Waals surface area contributed by atoms with Gasteiger partial charge in [0.15, 0.2) is 18.5 Å². The minimum absolute atomic E-state index is 0.145. The van der Waals surface area contributed by atoms with Gasteiger partial charge in [-0.25, -0.2) is 4.79 Å². The van der Waals surface area contributed by atoms with Crippen molar-refractivity contribution >= 4 is 29.0 Å². The van der Waals surface area contributed by atoms with Crippen molar-refractivity contribution in [1.29, 1.82) is 0 Å². The van der Waals surface area contributed by atoms with E-state index in [0.29, 0.717) is 28.0 Å². The van der Waals surface area contributed by atoms with Gasteiger partial charge in [0.1, 0.15) is 12.8 Å². The van der Waals surface area contributed by atoms with Gasteiger partial charge in [-0.15, -0.1) is 0 Å². The van der Waals surface area contributed by atoms with Crippen LogP contribution in [0.15, 0.2) is 64.0 Å². The number of carbonyl (C=O) groups excluding carboxylic acids is 2. The highest BCUT2D eigenvalue weighted by molar-refractivity contribution is 7.08. The lowest BCUT2D eigenvalue weighted by molar-refractivity contribution is -0.939. The number of amides is 1. The number of hydrogen-bond donors (Lipinski definition) is 2. The molecule has 0 radical (unpaired) electrons. The third kappa shape index (κ3) is 4.19. The predicted octanol–water partition coefficient (Wildman–Crippen LogP) is 2.76. The van der Waals surface area contributed by atoms with E-state index >= 15 is 0 Å². The molecule has 0 spiro atoms. The van der Waals surface area contributed by atoms with Crippen molar-refractivity contribution in [3.05, 3.63) is 70.6 Å². The average molecular weight is 469 g/mol. The molecule has 1 aromatic carbocycles. The number of fused-ring (bicyclic) bond motifs is 3. The van der Waals surface area contributed by atoms with Crippen LogP contribution in [0.25, 0.3) is 0 Å². The van der Waals surface area contributed by atoms with E-state index in [9.17, 15) is 14.7 Å². The Morgan fingerprint density at radius 1 is 1.18 bits per heavy atom. The van der Waals surface area contributed by atoms with Crippen LogP contribution in [0.4, 0.5) is 5.82 Å². The van der Waals surface area contributed by atoms with Crippen molar-refractivity contribution in [3.63, 3.8) is 0 Å². The second-order valence-corrected chi connectivity index (χ2v) is 9.71. The molecule has 3 aliphatic heterocycles. The van der Waals surface area contributed by atoms with Gasteiger partial charge in [0.25, 0.3) is 5.91 Å². The van der Waals surface area contributed by atoms with Crippen LogP contribution in [0.5, 0.6) is 0 Å². The zero-order valence-corrected chi connectivity index (χ0v) is 18.9. The molecule has 172 valence electrons. The van der Waals surface area contributed by atoms with Crippen molar-refractivity contribution in [2.24, 2.45) is 5.92 Å². The summed E-state index contributed by atoms with van der Waals surface area (Å²) < 4.78 is 11.4. The van der Waals surface area contributed by atoms with Crippen LogP contribution < -0.4 is 5.32 Å². The molecule has 0 aliphatic carbocycles. The molecule has 6 rings (SSSR count). The maximum absolute atomic E-state index is 13.5. The molecule has 3 aromatic rings. The number of aliphatic hydroxyl groups is 1. The quantitative estimate of drug-likeness (QED) is 0.408. The van der Waals surface area contributed by atoms with E-state index in [1.165, 1.54) is 17.6 Å². The van der Waals surface area contributed by atoms with E-state index in [4.69, 9.17) is 9.26 Å². The maximum atomic E-state index is 13.5. The summed E-state index contributed by atoms with van der Waals surface area (Å²) in [5.74, 6) is -0.198. The molecule has 1 amide bonds. The number of nitrogens with zero attached hydrogens (tertiary/aromatic N) is 2. The lowest BCUT2D eigenvalue weighted by Gasteiger charge is -2.51. The minimum Gasteiger partial charge on any atom is -0.453 e. The number of quaternary nitrogens is 1. The van der Waals surface area contributed by atoms with Crippen LogP contribution in [-0.2, 0) is 19.9 Å². The molecule has 3 saturated heterocycles. The number of piperidine rings is 3. The molecule has 1 unspecified atom stereocenters. The van der Waals surface area contributed by atoms with Crippen LogP contribution in [0, 0.1) is 5.92 Å². The standard InChI is InChI=1S/C24H25N3O5S/c28-22(25-21-8-12-31-26-21)15-27-10-6-17(7-11-27)20(14-27)32-23(29)24(30,19-9-13-33-16-19)18-4-2-1-3-5-18/h1-5,8-9,12-13,16-17,20,30H,6-7,10-11,14-15H2/p+1/t17?,20-,24?,27?/m0/s1. The molecule has 9 heteroatoms. The van der Waals surface area contributed by atoms with E-state index in [0.717, 1.165) is 25.9 Å². The molecule has 0 saturated carbocycles. The topological polar surface area (TPSA) is 102 Å². The van der Waals surface area contributed by atoms with Crippen LogP contribution in [-0.4, -0.2) is 58.9 Å². The highest BCUT2D eigenvalue weighted by Crippen LogP contribution is 2.38. The Bertz CT molecular complexity index is 1090. The number of carbonyl (C=O) groups is 2. The van der Waals surface area contributed by atoms with Crippen LogP contribution in [0.1, 0.15) is 24.0 Å². The van der Waals surface area contributed by atoms with Gasteiger partial charge >= 0.3 is 5.97 Å². The van der Waals surface area contributed by atoms with Gasteiger partial charge in [-0.05, 0) is 22.4 Å². The van der Waals surface area contributed by atoms with Gasteiger partial charge in [-0.3, -0.25) is 4.79 Å². The summed E-state index contributed by atoms with van der Waals surface area (Å²) in [5, 5.41) is 21.7. The van der Waals surface area contributed by atoms with Gasteiger partial charge in [0.2, 0.25) is 5.60 Å². The molecule has 2 aromatic heterocycles. The second kappa shape index (κ2) is 8.74. The van der Waals surface area contributed by atoms with Gasteiger partial charge in [-0.2, -0.15) is 11.3 Å². The number of anilines is 1. The number of benzene rings is 1. The largest absolute Gasteiger partial charge is 0.453 e. The van der Waals surface area contributed by atoms with Crippen molar-refractivity contribution in [2.75, 3.05) is 31.5 Å². The van der Waals surface area contributed by atoms with Crippen molar-refractivity contribution in [3.8, 4) is 0 Å². The number of rotatable bonds is 7. The Morgan fingerprint density at radius 2 is 1.97 bits per heavy atom. The average Bonchev–Trinajstić information content (AvgIpc) is 3.54. The van der Waals surface area contributed by atoms with E-state index < -0.39 is 11.6 Å². The first-order chi connectivity index (χ1) is 16.0. The van der Waals surface area contributed by atoms with E-state index in [1.54, 1.807) is 41.8 Å². The molecule has 33 heavy (non-hydrogen) atoms. The first-order valence-electron chi connectivity index (χ1n) is 11.1. The van der Waals surface area contributed by atoms with Gasteiger partial charge in [0, 0.05) is 30.4 Å². The molecule has 2 atom stereocenters. The molecule has 5 heterocycles. The number of esters is 1. The second-order valence-electron chi connectivity index (χ2n) is 8.93. The van der Waals surface area contributed by atoms with Gasteiger partial charge in [0.05, 0.1) is 13.1 Å². The van der Waals surface area contributed by atoms with Crippen molar-refractivity contribution in [1.82, 2.24) is 5.16 Å². The van der Waals surface area contributed by atoms with E-state index in [-0.39, 0.29) is 24.5 Å². The zero-order valence-electron chi connectivity index (χ0n) is 18.1. The third-order valence-corrected chi connectivity index (χ3v) is 7.59. The van der Waals surface area contributed by atoms with Crippen molar-refractivity contribution < 1.29 is 28.4 Å². The third-order valence-electron chi connectivity index (χ3n) is 6.91. The fraction of sp³-hybridized carbons (Fsp3) is 0.375. The first kappa shape index (κ1) is 21.8. The molecule has 3 fully saturated rings. The summed E-state index contributed by atoms with van der Waals surface area (Å²) in [6.45, 7) is 2.55.